The minimum Gasteiger partial charge on any atom is -0.376 e. The summed E-state index contributed by atoms with van der Waals surface area (Å²) in [5.74, 6) is 3.74. The molecule has 400 valence electrons. The normalized spacial score (nSPS) is 21.1. The van der Waals surface area contributed by atoms with Crippen molar-refractivity contribution in [3.8, 4) is 0 Å². The molecular weight excluding hydrogens is 884 g/mol. The van der Waals surface area contributed by atoms with Crippen LogP contribution in [0.25, 0.3) is 0 Å². The van der Waals surface area contributed by atoms with Crippen molar-refractivity contribution in [2.75, 3.05) is 20.7 Å². The second-order valence-corrected chi connectivity index (χ2v) is 24.0. The quantitative estimate of drug-likeness (QED) is 0.118. The van der Waals surface area contributed by atoms with Crippen LogP contribution in [-0.4, -0.2) is 83.6 Å². The fourth-order valence-corrected chi connectivity index (χ4v) is 7.76. The zero-order chi connectivity index (χ0) is 53.2. The number of nitrogens with zero attached hydrogens (tertiary/aromatic N) is 1. The van der Waals surface area contributed by atoms with Crippen LogP contribution in [0.2, 0.25) is 0 Å². The van der Waals surface area contributed by atoms with Crippen LogP contribution in [0.3, 0.4) is 0 Å². The molecular formula is C58H99FN4O7. The van der Waals surface area contributed by atoms with Crippen LogP contribution >= 0.6 is 0 Å². The van der Waals surface area contributed by atoms with E-state index in [0.29, 0.717) is 56.0 Å². The zero-order valence-electron chi connectivity index (χ0n) is 46.8. The summed E-state index contributed by atoms with van der Waals surface area (Å²) in [5.41, 5.74) is 1.01. The third kappa shape index (κ3) is 24.2. The molecule has 1 unspecified atom stereocenters. The van der Waals surface area contributed by atoms with Crippen molar-refractivity contribution in [3.05, 3.63) is 35.9 Å². The minimum absolute atomic E-state index is 0.0233. The smallest absolute Gasteiger partial charge is 0.225 e. The van der Waals surface area contributed by atoms with Gasteiger partial charge in [0, 0.05) is 87.2 Å². The van der Waals surface area contributed by atoms with Crippen LogP contribution in [0.1, 0.15) is 199 Å². The van der Waals surface area contributed by atoms with Gasteiger partial charge in [0.15, 0.2) is 0 Å². The number of rotatable bonds is 20. The number of ether oxygens (including phenoxy) is 1. The van der Waals surface area contributed by atoms with Gasteiger partial charge >= 0.3 is 0 Å². The van der Waals surface area contributed by atoms with Gasteiger partial charge in [0.25, 0.3) is 0 Å². The monoisotopic (exact) mass is 983 g/mol. The third-order valence-corrected chi connectivity index (χ3v) is 14.6. The third-order valence-electron chi connectivity index (χ3n) is 14.6. The molecule has 11 nitrogen and oxygen atoms in total. The van der Waals surface area contributed by atoms with Crippen LogP contribution in [-0.2, 0) is 40.0 Å². The van der Waals surface area contributed by atoms with Gasteiger partial charge in [-0.15, -0.1) is 0 Å². The highest BCUT2D eigenvalue weighted by Crippen LogP contribution is 2.57. The summed E-state index contributed by atoms with van der Waals surface area (Å²) in [6.07, 6.45) is 15.2. The Bertz CT molecular complexity index is 1740. The van der Waals surface area contributed by atoms with E-state index in [4.69, 9.17) is 4.74 Å². The van der Waals surface area contributed by atoms with Crippen molar-refractivity contribution >= 4 is 35.2 Å². The first-order chi connectivity index (χ1) is 32.5. The Morgan fingerprint density at radius 2 is 1.14 bits per heavy atom. The Labute approximate surface area is 424 Å². The van der Waals surface area contributed by atoms with Crippen LogP contribution in [0, 0.1) is 52.8 Å². The van der Waals surface area contributed by atoms with E-state index in [1.807, 2.05) is 120 Å². The van der Waals surface area contributed by atoms with Crippen LogP contribution in [0.5, 0.6) is 0 Å². The molecule has 4 amide bonds. The van der Waals surface area contributed by atoms with E-state index in [0.717, 1.165) is 37.5 Å². The Balaban J connectivity index is 0.000000289. The van der Waals surface area contributed by atoms with Gasteiger partial charge < -0.3 is 25.6 Å². The number of hydrogen-bond donors (Lipinski definition) is 3. The van der Waals surface area contributed by atoms with Crippen molar-refractivity contribution in [2.24, 2.45) is 52.8 Å². The number of halogens is 1. The number of Topliss-reactive ketones (excluding diaryl/α,β-unsaturated/α-hetero) is 2. The van der Waals surface area contributed by atoms with E-state index in [2.05, 4.69) is 29.8 Å². The predicted molar refractivity (Wildman–Crippen MR) is 281 cm³/mol. The lowest BCUT2D eigenvalue weighted by Gasteiger charge is -2.62. The molecule has 7 fully saturated rings. The van der Waals surface area contributed by atoms with E-state index in [9.17, 15) is 33.2 Å². The first-order valence-corrected chi connectivity index (χ1v) is 27.0. The molecule has 70 heavy (non-hydrogen) atoms. The van der Waals surface area contributed by atoms with Gasteiger partial charge in [-0.3, -0.25) is 28.8 Å². The zero-order valence-corrected chi connectivity index (χ0v) is 46.8. The van der Waals surface area contributed by atoms with Gasteiger partial charge in [-0.2, -0.15) is 0 Å². The Kier molecular flexibility index (Phi) is 25.5. The number of amides is 4. The van der Waals surface area contributed by atoms with E-state index in [-0.39, 0.29) is 76.1 Å². The topological polar surface area (TPSA) is 151 Å². The molecule has 0 aliphatic heterocycles. The molecule has 7 aliphatic rings. The van der Waals surface area contributed by atoms with Crippen LogP contribution in [0.15, 0.2) is 30.3 Å². The average Bonchev–Trinajstić information content (AvgIpc) is 4.06. The maximum Gasteiger partial charge on any atom is 0.225 e. The number of ketones is 2. The van der Waals surface area contributed by atoms with Gasteiger partial charge in [-0.1, -0.05) is 120 Å². The van der Waals surface area contributed by atoms with Crippen molar-refractivity contribution in [2.45, 2.75) is 223 Å². The Morgan fingerprint density at radius 1 is 0.657 bits per heavy atom. The van der Waals surface area contributed by atoms with E-state index < -0.39 is 5.67 Å². The van der Waals surface area contributed by atoms with Crippen LogP contribution < -0.4 is 16.0 Å². The van der Waals surface area contributed by atoms with Crippen LogP contribution in [0.4, 0.5) is 4.39 Å². The largest absolute Gasteiger partial charge is 0.376 e. The summed E-state index contributed by atoms with van der Waals surface area (Å²) in [4.78, 5) is 69.2. The predicted octanol–water partition coefficient (Wildman–Crippen LogP) is 11.4. The highest BCUT2D eigenvalue weighted by Gasteiger charge is 2.57. The van der Waals surface area contributed by atoms with Crippen molar-refractivity contribution in [1.82, 2.24) is 20.9 Å². The standard InChI is InChI=1S/C12H17NO.C10H18O.C9H15FO.C9H17NO2.C9H15NO.C9H17NO/c1-10(2)12(14)13(3)9-11-7-5-4-6-8-11;1-8(2)9(11)4-5-10(3)6-7-10;1-7(2)8(11)3-4-9(10)5-6-9;1-7(2)8(11)10-6-9(12-3)4-5-9;1-6(2)8(11)10-9-3-7(4-9)5-9;1-6(2)9(11)10-7(3)8-4-5-8/h4-8,10H,9H2,1-3H3;8H,4-7H2,1-3H3;7H,3-6H2,1-2H3;7H,4-6H2,1-3H3,(H,10,11);6-7H,3-5H2,1-2H3,(H,10,11);6-8H,4-5H2,1-3H3,(H,10,11). The molecule has 0 saturated heterocycles. The highest BCUT2D eigenvalue weighted by molar-refractivity contribution is 5.81. The SMILES string of the molecule is CC(C)C(=O)CCC1(C)CC1.CC(C)C(=O)CCC1(F)CC1.CC(C)C(=O)N(C)Cc1ccccc1.CC(C)C(=O)NC(C)C1CC1.CC(C)C(=O)NC12CC(C1)C2.COC1(CNC(=O)C(C)C)CC1. The molecule has 7 aliphatic carbocycles. The Hall–Kier alpha value is -3.67. The number of nitrogens with one attached hydrogen (secondary N) is 3. The first kappa shape index (κ1) is 62.4. The van der Waals surface area contributed by atoms with Gasteiger partial charge in [0.05, 0.1) is 5.60 Å². The number of benzene rings is 1. The molecule has 7 saturated carbocycles. The summed E-state index contributed by atoms with van der Waals surface area (Å²) in [7, 11) is 3.55. The van der Waals surface area contributed by atoms with E-state index in [1.165, 1.54) is 50.5 Å². The summed E-state index contributed by atoms with van der Waals surface area (Å²) in [6.45, 7) is 28.8. The summed E-state index contributed by atoms with van der Waals surface area (Å²) >= 11 is 0. The molecule has 0 spiro atoms. The number of hydrogen-bond acceptors (Lipinski definition) is 7. The lowest BCUT2D eigenvalue weighted by Crippen LogP contribution is -2.68. The average molecular weight is 983 g/mol. The van der Waals surface area contributed by atoms with Crippen molar-refractivity contribution in [1.29, 1.82) is 0 Å². The fourth-order valence-electron chi connectivity index (χ4n) is 7.76. The number of carbonyl (C=O) groups excluding carboxylic acids is 6. The van der Waals surface area contributed by atoms with Gasteiger partial charge in [-0.25, -0.2) is 4.39 Å². The maximum atomic E-state index is 13.0. The molecule has 2 bridgehead atoms. The molecule has 1 aromatic rings. The molecule has 0 aromatic heterocycles. The molecule has 0 heterocycles. The van der Waals surface area contributed by atoms with Gasteiger partial charge in [0.2, 0.25) is 23.6 Å². The van der Waals surface area contributed by atoms with Crippen molar-refractivity contribution < 1.29 is 37.9 Å². The first-order valence-electron chi connectivity index (χ1n) is 27.0. The molecule has 8 rings (SSSR count). The summed E-state index contributed by atoms with van der Waals surface area (Å²) in [5, 5.41) is 8.99. The van der Waals surface area contributed by atoms with E-state index in [1.54, 1.807) is 12.0 Å². The van der Waals surface area contributed by atoms with Crippen molar-refractivity contribution in [3.63, 3.8) is 0 Å². The second kappa shape index (κ2) is 28.5. The lowest BCUT2D eigenvalue weighted by molar-refractivity contribution is -0.136. The number of alkyl halides is 1. The lowest BCUT2D eigenvalue weighted by atomic mass is 9.50. The summed E-state index contributed by atoms with van der Waals surface area (Å²) in [6, 6.07) is 10.4. The molecule has 12 heteroatoms. The molecule has 0 radical (unpaired) electrons. The van der Waals surface area contributed by atoms with E-state index >= 15 is 0 Å². The maximum absolute atomic E-state index is 13.0. The number of carbonyl (C=O) groups is 6. The second-order valence-electron chi connectivity index (χ2n) is 24.0. The van der Waals surface area contributed by atoms with Gasteiger partial charge in [0.1, 0.15) is 17.2 Å². The minimum atomic E-state index is -0.954. The molecule has 1 atom stereocenters. The number of methoxy groups -OCH3 is 1. The Morgan fingerprint density at radius 3 is 1.50 bits per heavy atom. The highest BCUT2D eigenvalue weighted by atomic mass is 19.1. The fraction of sp³-hybridized carbons (Fsp3) is 0.793. The molecule has 1 aromatic carbocycles. The molecule has 3 N–H and O–H groups in total. The van der Waals surface area contributed by atoms with Gasteiger partial charge in [-0.05, 0) is 113 Å². The summed E-state index contributed by atoms with van der Waals surface area (Å²) < 4.78 is 18.2.